The number of hydrogen-bond acceptors (Lipinski definition) is 2. The van der Waals surface area contributed by atoms with E-state index in [1.165, 1.54) is 0 Å². The Bertz CT molecular complexity index is 673. The molecule has 6 heteroatoms. The molecule has 0 saturated heterocycles. The molecule has 2 aromatic carbocycles. The number of benzene rings is 2. The molecule has 2 rings (SSSR count). The first kappa shape index (κ1) is 15.2. The molecule has 102 valence electrons. The molecule has 1 amide bonds. The van der Waals surface area contributed by atoms with Gasteiger partial charge in [-0.25, -0.2) is 0 Å². The number of rotatable bonds is 3. The molecule has 0 bridgehead atoms. The molecule has 0 aliphatic rings. The third kappa shape index (κ3) is 3.68. The van der Waals surface area contributed by atoms with Crippen LogP contribution < -0.4 is 11.1 Å². The Balaban J connectivity index is 2.25. The van der Waals surface area contributed by atoms with Gasteiger partial charge in [-0.15, -0.1) is 0 Å². The molecule has 20 heavy (non-hydrogen) atoms. The number of nitrogens with two attached hydrogens (primary N) is 1. The van der Waals surface area contributed by atoms with E-state index in [1.54, 1.807) is 30.3 Å². The zero-order chi connectivity index (χ0) is 14.7. The highest BCUT2D eigenvalue weighted by atomic mass is 127. The summed E-state index contributed by atoms with van der Waals surface area (Å²) in [4.78, 5) is 12.4. The van der Waals surface area contributed by atoms with E-state index in [1.807, 2.05) is 12.1 Å². The molecule has 0 heterocycles. The van der Waals surface area contributed by atoms with Crippen LogP contribution in [0.4, 0.5) is 5.69 Å². The summed E-state index contributed by atoms with van der Waals surface area (Å²) in [6.07, 6.45) is 0. The van der Waals surface area contributed by atoms with E-state index < -0.39 is 0 Å². The molecule has 0 fully saturated rings. The second-order valence-corrected chi connectivity index (χ2v) is 6.11. The smallest absolute Gasteiger partial charge is 0.255 e. The van der Waals surface area contributed by atoms with Crippen molar-refractivity contribution in [1.29, 1.82) is 0 Å². The third-order valence-corrected chi connectivity index (χ3v) is 3.89. The minimum absolute atomic E-state index is 0.233. The SMILES string of the molecule is NC(=S)c1ccc(Cl)c(NC(=O)c2ccc(I)cc2)c1. The van der Waals surface area contributed by atoms with Gasteiger partial charge in [-0.2, -0.15) is 0 Å². The Labute approximate surface area is 140 Å². The number of anilines is 1. The van der Waals surface area contributed by atoms with Gasteiger partial charge in [-0.1, -0.05) is 29.9 Å². The molecule has 0 unspecified atom stereocenters. The van der Waals surface area contributed by atoms with Crippen LogP contribution in [0.5, 0.6) is 0 Å². The van der Waals surface area contributed by atoms with Crippen molar-refractivity contribution in [3.63, 3.8) is 0 Å². The maximum atomic E-state index is 12.1. The van der Waals surface area contributed by atoms with Crippen molar-refractivity contribution in [2.75, 3.05) is 5.32 Å². The van der Waals surface area contributed by atoms with Crippen LogP contribution in [0, 0.1) is 3.57 Å². The van der Waals surface area contributed by atoms with Gasteiger partial charge in [0, 0.05) is 14.7 Å². The van der Waals surface area contributed by atoms with Crippen LogP contribution >= 0.6 is 46.4 Å². The van der Waals surface area contributed by atoms with Gasteiger partial charge in [-0.05, 0) is 59.0 Å². The van der Waals surface area contributed by atoms with Crippen LogP contribution in [0.3, 0.4) is 0 Å². The molecule has 0 spiro atoms. The second kappa shape index (κ2) is 6.51. The summed E-state index contributed by atoms with van der Waals surface area (Å²) >= 11 is 13.1. The normalized spacial score (nSPS) is 10.1. The summed E-state index contributed by atoms with van der Waals surface area (Å²) in [6, 6.07) is 12.3. The molecular formula is C14H10ClIN2OS. The zero-order valence-electron chi connectivity index (χ0n) is 10.2. The summed E-state index contributed by atoms with van der Waals surface area (Å²) in [5.74, 6) is -0.233. The molecular weight excluding hydrogens is 407 g/mol. The van der Waals surface area contributed by atoms with Gasteiger partial charge in [0.2, 0.25) is 0 Å². The number of halogens is 2. The van der Waals surface area contributed by atoms with Crippen LogP contribution in [0.2, 0.25) is 5.02 Å². The van der Waals surface area contributed by atoms with Gasteiger partial charge in [0.05, 0.1) is 10.7 Å². The fourth-order valence-electron chi connectivity index (χ4n) is 1.57. The van der Waals surface area contributed by atoms with Crippen molar-refractivity contribution < 1.29 is 4.79 Å². The van der Waals surface area contributed by atoms with Crippen molar-refractivity contribution in [3.8, 4) is 0 Å². The summed E-state index contributed by atoms with van der Waals surface area (Å²) in [7, 11) is 0. The highest BCUT2D eigenvalue weighted by molar-refractivity contribution is 14.1. The lowest BCUT2D eigenvalue weighted by molar-refractivity contribution is 0.102. The van der Waals surface area contributed by atoms with Crippen molar-refractivity contribution in [2.24, 2.45) is 5.73 Å². The lowest BCUT2D eigenvalue weighted by Gasteiger charge is -2.09. The quantitative estimate of drug-likeness (QED) is 0.591. The Morgan fingerprint density at radius 1 is 1.15 bits per heavy atom. The average Bonchev–Trinajstić information content (AvgIpc) is 2.41. The van der Waals surface area contributed by atoms with Gasteiger partial charge >= 0.3 is 0 Å². The Morgan fingerprint density at radius 3 is 2.35 bits per heavy atom. The largest absolute Gasteiger partial charge is 0.389 e. The predicted molar refractivity (Wildman–Crippen MR) is 94.5 cm³/mol. The molecule has 2 aromatic rings. The Morgan fingerprint density at radius 2 is 1.75 bits per heavy atom. The highest BCUT2D eigenvalue weighted by Gasteiger charge is 2.10. The molecule has 3 nitrogen and oxygen atoms in total. The zero-order valence-corrected chi connectivity index (χ0v) is 13.9. The Hall–Kier alpha value is -1.18. The topological polar surface area (TPSA) is 55.1 Å². The minimum atomic E-state index is -0.233. The van der Waals surface area contributed by atoms with Crippen molar-refractivity contribution >= 4 is 63.0 Å². The lowest BCUT2D eigenvalue weighted by atomic mass is 10.1. The van der Waals surface area contributed by atoms with Crippen molar-refractivity contribution in [3.05, 3.63) is 62.2 Å². The number of thiocarbonyl (C=S) groups is 1. The number of amides is 1. The van der Waals surface area contributed by atoms with Crippen LogP contribution in [-0.4, -0.2) is 10.9 Å². The standard InChI is InChI=1S/C14H10ClIN2OS/c15-11-6-3-9(13(17)20)7-12(11)18-14(19)8-1-4-10(16)5-2-8/h1-7H,(H2,17,20)(H,18,19). The monoisotopic (exact) mass is 416 g/mol. The van der Waals surface area contributed by atoms with Gasteiger partial charge in [-0.3, -0.25) is 4.79 Å². The van der Waals surface area contributed by atoms with Gasteiger partial charge < -0.3 is 11.1 Å². The van der Waals surface area contributed by atoms with E-state index in [4.69, 9.17) is 29.6 Å². The number of hydrogen-bond donors (Lipinski definition) is 2. The summed E-state index contributed by atoms with van der Waals surface area (Å²) in [5.41, 5.74) is 7.27. The number of carbonyl (C=O) groups is 1. The van der Waals surface area contributed by atoms with E-state index in [2.05, 4.69) is 27.9 Å². The Kier molecular flexibility index (Phi) is 4.95. The maximum absolute atomic E-state index is 12.1. The van der Waals surface area contributed by atoms with Gasteiger partial charge in [0.25, 0.3) is 5.91 Å². The first-order valence-corrected chi connectivity index (χ1v) is 7.50. The van der Waals surface area contributed by atoms with Crippen molar-refractivity contribution in [2.45, 2.75) is 0 Å². The van der Waals surface area contributed by atoms with E-state index in [0.29, 0.717) is 21.8 Å². The van der Waals surface area contributed by atoms with E-state index >= 15 is 0 Å². The minimum Gasteiger partial charge on any atom is -0.389 e. The number of carbonyl (C=O) groups excluding carboxylic acids is 1. The third-order valence-electron chi connectivity index (χ3n) is 2.61. The number of nitrogens with one attached hydrogen (secondary N) is 1. The van der Waals surface area contributed by atoms with E-state index in [0.717, 1.165) is 3.57 Å². The maximum Gasteiger partial charge on any atom is 0.255 e. The predicted octanol–water partition coefficient (Wildman–Crippen LogP) is 3.83. The molecule has 0 radical (unpaired) electrons. The molecule has 0 saturated carbocycles. The van der Waals surface area contributed by atoms with E-state index in [-0.39, 0.29) is 10.9 Å². The molecule has 0 aliphatic heterocycles. The first-order chi connectivity index (χ1) is 9.47. The van der Waals surface area contributed by atoms with Crippen molar-refractivity contribution in [1.82, 2.24) is 0 Å². The van der Waals surface area contributed by atoms with Crippen LogP contribution in [0.1, 0.15) is 15.9 Å². The molecule has 0 atom stereocenters. The molecule has 0 aromatic heterocycles. The summed E-state index contributed by atoms with van der Waals surface area (Å²) in [6.45, 7) is 0. The molecule has 0 aliphatic carbocycles. The second-order valence-electron chi connectivity index (χ2n) is 4.02. The first-order valence-electron chi connectivity index (χ1n) is 5.63. The average molecular weight is 417 g/mol. The van der Waals surface area contributed by atoms with Gasteiger partial charge in [0.15, 0.2) is 0 Å². The molecule has 3 N–H and O–H groups in total. The summed E-state index contributed by atoms with van der Waals surface area (Å²) in [5, 5.41) is 3.19. The van der Waals surface area contributed by atoms with Crippen LogP contribution in [0.15, 0.2) is 42.5 Å². The van der Waals surface area contributed by atoms with Gasteiger partial charge in [0.1, 0.15) is 4.99 Å². The highest BCUT2D eigenvalue weighted by Crippen LogP contribution is 2.23. The fourth-order valence-corrected chi connectivity index (χ4v) is 2.22. The summed E-state index contributed by atoms with van der Waals surface area (Å²) < 4.78 is 1.06. The lowest BCUT2D eigenvalue weighted by Crippen LogP contribution is -2.14. The van der Waals surface area contributed by atoms with E-state index in [9.17, 15) is 4.79 Å². The van der Waals surface area contributed by atoms with Crippen LogP contribution in [0.25, 0.3) is 0 Å². The fraction of sp³-hybridized carbons (Fsp3) is 0. The van der Waals surface area contributed by atoms with Crippen LogP contribution in [-0.2, 0) is 0 Å².